The summed E-state index contributed by atoms with van der Waals surface area (Å²) >= 11 is 1.75. The number of hydrogen-bond donors (Lipinski definition) is 0. The van der Waals surface area contributed by atoms with Gasteiger partial charge in [0.05, 0.1) is 15.6 Å². The maximum absolute atomic E-state index is 4.85. The second kappa shape index (κ2) is 8.11. The Balaban J connectivity index is 1.21. The van der Waals surface area contributed by atoms with Gasteiger partial charge in [-0.2, -0.15) is 0 Å². The summed E-state index contributed by atoms with van der Waals surface area (Å²) in [4.78, 5) is 4.85. The zero-order valence-electron chi connectivity index (χ0n) is 21.6. The minimum atomic E-state index is -0.283. The summed E-state index contributed by atoms with van der Waals surface area (Å²) in [6.07, 6.45) is 0. The average molecular weight is 526 g/mol. The van der Waals surface area contributed by atoms with Gasteiger partial charge in [0.15, 0.2) is 0 Å². The first-order valence-corrected chi connectivity index (χ1v) is 14.5. The van der Waals surface area contributed by atoms with Crippen LogP contribution in [0.4, 0.5) is 0 Å². The normalized spacial score (nSPS) is 13.7. The molecule has 0 atom stereocenters. The highest BCUT2D eigenvalue weighted by atomic mass is 32.1. The number of hydrogen-bond acceptors (Lipinski definition) is 2. The fraction of sp³-hybridized carbons (Fsp3) is 0.0263. The van der Waals surface area contributed by atoms with Crippen LogP contribution >= 0.6 is 11.3 Å². The predicted octanol–water partition coefficient (Wildman–Crippen LogP) is 9.97. The molecule has 0 amide bonds. The van der Waals surface area contributed by atoms with Crippen LogP contribution in [0.15, 0.2) is 140 Å². The number of thiazole rings is 1. The first-order chi connectivity index (χ1) is 19.8. The third-order valence-electron chi connectivity index (χ3n) is 8.76. The minimum Gasteiger partial charge on any atom is -0.236 e. The second-order valence-electron chi connectivity index (χ2n) is 10.7. The third kappa shape index (κ3) is 2.84. The summed E-state index contributed by atoms with van der Waals surface area (Å²) < 4.78 is 1.22. The van der Waals surface area contributed by atoms with Crippen LogP contribution in [0, 0.1) is 0 Å². The molecule has 2 heteroatoms. The Labute approximate surface area is 237 Å². The van der Waals surface area contributed by atoms with E-state index in [4.69, 9.17) is 4.98 Å². The molecular formula is C38H23NS. The van der Waals surface area contributed by atoms with Gasteiger partial charge in [0, 0.05) is 5.56 Å². The quantitative estimate of drug-likeness (QED) is 0.219. The molecule has 1 aromatic heterocycles. The van der Waals surface area contributed by atoms with Crippen molar-refractivity contribution in [2.24, 2.45) is 0 Å². The van der Waals surface area contributed by atoms with E-state index < -0.39 is 0 Å². The summed E-state index contributed by atoms with van der Waals surface area (Å²) in [5.74, 6) is 0. The monoisotopic (exact) mass is 525 g/mol. The average Bonchev–Trinajstić information content (AvgIpc) is 3.68. The molecule has 0 saturated heterocycles. The molecule has 186 valence electrons. The van der Waals surface area contributed by atoms with E-state index in [0.717, 1.165) is 16.1 Å². The van der Waals surface area contributed by atoms with Gasteiger partial charge in [0.25, 0.3) is 0 Å². The Morgan fingerprint density at radius 2 is 0.925 bits per heavy atom. The van der Waals surface area contributed by atoms with E-state index in [1.807, 2.05) is 6.07 Å². The van der Waals surface area contributed by atoms with Gasteiger partial charge in [-0.25, -0.2) is 4.98 Å². The zero-order valence-corrected chi connectivity index (χ0v) is 22.5. The van der Waals surface area contributed by atoms with E-state index in [1.165, 1.54) is 60.3 Å². The number of nitrogens with zero attached hydrogens (tertiary/aromatic N) is 1. The fourth-order valence-corrected chi connectivity index (χ4v) is 8.05. The van der Waals surface area contributed by atoms with Gasteiger partial charge in [0.2, 0.25) is 0 Å². The van der Waals surface area contributed by atoms with E-state index >= 15 is 0 Å². The highest BCUT2D eigenvalue weighted by molar-refractivity contribution is 7.21. The topological polar surface area (TPSA) is 12.9 Å². The van der Waals surface area contributed by atoms with E-state index in [0.29, 0.717) is 0 Å². The molecule has 0 bridgehead atoms. The molecule has 2 aliphatic rings. The van der Waals surface area contributed by atoms with Crippen molar-refractivity contribution in [3.8, 4) is 44.0 Å². The van der Waals surface area contributed by atoms with Crippen molar-refractivity contribution in [3.05, 3.63) is 162 Å². The largest absolute Gasteiger partial charge is 0.236 e. The molecule has 1 nitrogen and oxygen atoms in total. The SMILES string of the molecule is c1ccc2c(c1)-c1ccccc1C21c2ccccc2-c2cc(-c3ccc(-c4nc5ccccc5s4)cc3)ccc21. The standard InChI is InChI=1S/C38H23NS/c1-4-12-31-27(9-1)28-10-2-5-13-32(28)38(31)33-14-6-3-11-29(33)30-23-26(21-22-34(30)38)24-17-19-25(20-18-24)37-39-35-15-7-8-16-36(35)40-37/h1-23H. The van der Waals surface area contributed by atoms with Crippen LogP contribution in [0.1, 0.15) is 22.3 Å². The minimum absolute atomic E-state index is 0.283. The molecule has 7 aromatic rings. The van der Waals surface area contributed by atoms with E-state index in [-0.39, 0.29) is 5.41 Å². The first kappa shape index (κ1) is 22.1. The van der Waals surface area contributed by atoms with Gasteiger partial charge in [-0.1, -0.05) is 121 Å². The Morgan fingerprint density at radius 1 is 0.425 bits per heavy atom. The van der Waals surface area contributed by atoms with Crippen molar-refractivity contribution >= 4 is 21.6 Å². The molecule has 6 aromatic carbocycles. The Hall–Kier alpha value is -4.79. The lowest BCUT2D eigenvalue weighted by molar-refractivity contribution is 0.794. The van der Waals surface area contributed by atoms with E-state index in [2.05, 4.69) is 133 Å². The summed E-state index contributed by atoms with van der Waals surface area (Å²) in [6, 6.07) is 51.3. The highest BCUT2D eigenvalue weighted by Gasteiger charge is 2.51. The maximum atomic E-state index is 4.85. The Kier molecular flexibility index (Phi) is 4.47. The molecule has 0 radical (unpaired) electrons. The van der Waals surface area contributed by atoms with E-state index in [1.54, 1.807) is 11.3 Å². The lowest BCUT2D eigenvalue weighted by atomic mass is 9.70. The van der Waals surface area contributed by atoms with Crippen LogP contribution in [-0.2, 0) is 5.41 Å². The van der Waals surface area contributed by atoms with Gasteiger partial charge in [-0.05, 0) is 73.8 Å². The molecule has 1 heterocycles. The van der Waals surface area contributed by atoms with Crippen molar-refractivity contribution in [1.29, 1.82) is 0 Å². The molecule has 0 fully saturated rings. The van der Waals surface area contributed by atoms with Crippen LogP contribution in [-0.4, -0.2) is 4.98 Å². The van der Waals surface area contributed by atoms with Gasteiger partial charge < -0.3 is 0 Å². The summed E-state index contributed by atoms with van der Waals surface area (Å²) in [5.41, 5.74) is 15.3. The van der Waals surface area contributed by atoms with Crippen molar-refractivity contribution in [3.63, 3.8) is 0 Å². The summed E-state index contributed by atoms with van der Waals surface area (Å²) in [6.45, 7) is 0. The maximum Gasteiger partial charge on any atom is 0.124 e. The number of benzene rings is 6. The molecule has 0 N–H and O–H groups in total. The number of rotatable bonds is 2. The van der Waals surface area contributed by atoms with Gasteiger partial charge in [-0.15, -0.1) is 11.3 Å². The van der Waals surface area contributed by atoms with Gasteiger partial charge in [0.1, 0.15) is 5.01 Å². The Morgan fingerprint density at radius 3 is 1.57 bits per heavy atom. The predicted molar refractivity (Wildman–Crippen MR) is 167 cm³/mol. The molecule has 0 unspecified atom stereocenters. The molecule has 40 heavy (non-hydrogen) atoms. The number of fused-ring (bicyclic) bond motifs is 11. The zero-order chi connectivity index (χ0) is 26.3. The molecule has 1 spiro atoms. The van der Waals surface area contributed by atoms with Gasteiger partial charge in [-0.3, -0.25) is 0 Å². The van der Waals surface area contributed by atoms with Crippen LogP contribution in [0.2, 0.25) is 0 Å². The molecule has 0 aliphatic heterocycles. The molecule has 0 saturated carbocycles. The van der Waals surface area contributed by atoms with Crippen LogP contribution < -0.4 is 0 Å². The van der Waals surface area contributed by atoms with Gasteiger partial charge >= 0.3 is 0 Å². The molecule has 2 aliphatic carbocycles. The van der Waals surface area contributed by atoms with E-state index in [9.17, 15) is 0 Å². The number of aromatic nitrogens is 1. The van der Waals surface area contributed by atoms with Crippen molar-refractivity contribution in [2.75, 3.05) is 0 Å². The van der Waals surface area contributed by atoms with Crippen molar-refractivity contribution < 1.29 is 0 Å². The van der Waals surface area contributed by atoms with Crippen molar-refractivity contribution in [2.45, 2.75) is 5.41 Å². The van der Waals surface area contributed by atoms with Crippen LogP contribution in [0.25, 0.3) is 54.2 Å². The number of para-hydroxylation sites is 1. The molecular weight excluding hydrogens is 502 g/mol. The molecule has 9 rings (SSSR count). The lowest BCUT2D eigenvalue weighted by Crippen LogP contribution is -2.25. The van der Waals surface area contributed by atoms with Crippen LogP contribution in [0.5, 0.6) is 0 Å². The fourth-order valence-electron chi connectivity index (χ4n) is 7.08. The first-order valence-electron chi connectivity index (χ1n) is 13.7. The summed E-state index contributed by atoms with van der Waals surface area (Å²) in [7, 11) is 0. The third-order valence-corrected chi connectivity index (χ3v) is 9.84. The van der Waals surface area contributed by atoms with Crippen LogP contribution in [0.3, 0.4) is 0 Å². The Bertz CT molecular complexity index is 2040. The van der Waals surface area contributed by atoms with Crippen molar-refractivity contribution in [1.82, 2.24) is 4.98 Å². The lowest BCUT2D eigenvalue weighted by Gasteiger charge is -2.30. The second-order valence-corrected chi connectivity index (χ2v) is 11.7. The highest BCUT2D eigenvalue weighted by Crippen LogP contribution is 2.62. The smallest absolute Gasteiger partial charge is 0.124 e. The summed E-state index contributed by atoms with van der Waals surface area (Å²) in [5, 5.41) is 1.07.